The van der Waals surface area contributed by atoms with Gasteiger partial charge in [0.1, 0.15) is 6.04 Å². The summed E-state index contributed by atoms with van der Waals surface area (Å²) < 4.78 is 15.2. The number of aromatic nitrogens is 2. The van der Waals surface area contributed by atoms with Gasteiger partial charge in [0.05, 0.1) is 29.0 Å². The van der Waals surface area contributed by atoms with E-state index in [1.165, 1.54) is 22.7 Å². The molecule has 0 aliphatic carbocycles. The number of carbonyl (C=O) groups excluding carboxylic acids is 1. The van der Waals surface area contributed by atoms with Gasteiger partial charge >= 0.3 is 5.97 Å². The number of thiazole rings is 1. The molecule has 4 heterocycles. The topological polar surface area (TPSA) is 74.8 Å². The Hall–Kier alpha value is -3.53. The van der Waals surface area contributed by atoms with Crippen molar-refractivity contribution in [2.75, 3.05) is 20.3 Å². The third kappa shape index (κ3) is 4.73. The Bertz CT molecular complexity index is 1680. The maximum atomic E-state index is 14.0. The molecule has 5 rings (SSSR count). The van der Waals surface area contributed by atoms with Gasteiger partial charge in [0.2, 0.25) is 0 Å². The fourth-order valence-electron chi connectivity index (χ4n) is 4.80. The van der Waals surface area contributed by atoms with Crippen LogP contribution in [0.5, 0.6) is 0 Å². The summed E-state index contributed by atoms with van der Waals surface area (Å²) >= 11 is 2.84. The molecule has 0 saturated carbocycles. The van der Waals surface area contributed by atoms with Crippen LogP contribution in [-0.4, -0.2) is 35.4 Å². The monoisotopic (exact) mass is 547 g/mol. The van der Waals surface area contributed by atoms with E-state index in [9.17, 15) is 9.59 Å². The van der Waals surface area contributed by atoms with Crippen LogP contribution in [0.4, 0.5) is 0 Å². The van der Waals surface area contributed by atoms with Crippen LogP contribution in [0.25, 0.3) is 11.8 Å². The third-order valence-electron chi connectivity index (χ3n) is 6.60. The second kappa shape index (κ2) is 11.1. The minimum absolute atomic E-state index is 0.178. The molecule has 1 atom stereocenters. The molecule has 1 aliphatic rings. The van der Waals surface area contributed by atoms with Crippen molar-refractivity contribution in [1.29, 1.82) is 0 Å². The van der Waals surface area contributed by atoms with Crippen molar-refractivity contribution >= 4 is 40.4 Å². The number of benzene rings is 1. The largest absolute Gasteiger partial charge is 0.463 e. The van der Waals surface area contributed by atoms with Crippen LogP contribution in [-0.2, 0) is 20.8 Å². The van der Waals surface area contributed by atoms with Crippen molar-refractivity contribution in [2.45, 2.75) is 33.4 Å². The van der Waals surface area contributed by atoms with Gasteiger partial charge in [-0.3, -0.25) is 9.36 Å². The summed E-state index contributed by atoms with van der Waals surface area (Å²) in [6.07, 6.45) is 1.93. The molecular weight excluding hydrogens is 518 g/mol. The number of hydrogen-bond donors (Lipinski definition) is 0. The van der Waals surface area contributed by atoms with Crippen molar-refractivity contribution in [1.82, 2.24) is 9.13 Å². The van der Waals surface area contributed by atoms with E-state index in [0.29, 0.717) is 27.2 Å². The van der Waals surface area contributed by atoms with Gasteiger partial charge in [-0.2, -0.15) is 0 Å². The zero-order chi connectivity index (χ0) is 26.8. The highest BCUT2D eigenvalue weighted by Crippen LogP contribution is 2.36. The molecule has 0 unspecified atom stereocenters. The van der Waals surface area contributed by atoms with Gasteiger partial charge in [0, 0.05) is 35.5 Å². The number of esters is 1. The number of fused-ring (bicyclic) bond motifs is 1. The molecule has 38 heavy (non-hydrogen) atoms. The number of ether oxygens (including phenoxy) is 2. The van der Waals surface area contributed by atoms with E-state index in [1.54, 1.807) is 18.6 Å². The maximum absolute atomic E-state index is 14.0. The van der Waals surface area contributed by atoms with Crippen LogP contribution < -0.4 is 14.9 Å². The predicted octanol–water partition coefficient (Wildman–Crippen LogP) is 4.06. The van der Waals surface area contributed by atoms with Crippen molar-refractivity contribution in [2.24, 2.45) is 4.99 Å². The molecular formula is C29H29N3O4S2. The first-order valence-corrected chi connectivity index (χ1v) is 14.1. The molecule has 0 amide bonds. The molecule has 7 nitrogen and oxygen atoms in total. The first-order chi connectivity index (χ1) is 18.4. The fraction of sp³-hybridized carbons (Fsp3) is 0.276. The lowest BCUT2D eigenvalue weighted by atomic mass is 9.97. The van der Waals surface area contributed by atoms with Crippen LogP contribution >= 0.6 is 22.7 Å². The molecule has 0 fully saturated rings. The van der Waals surface area contributed by atoms with E-state index in [0.717, 1.165) is 33.9 Å². The summed E-state index contributed by atoms with van der Waals surface area (Å²) in [7, 11) is 1.69. The Morgan fingerprint density at radius 1 is 1.16 bits per heavy atom. The highest BCUT2D eigenvalue weighted by molar-refractivity contribution is 7.10. The van der Waals surface area contributed by atoms with Crippen LogP contribution in [0.1, 0.15) is 40.4 Å². The summed E-state index contributed by atoms with van der Waals surface area (Å²) in [4.78, 5) is 33.7. The summed E-state index contributed by atoms with van der Waals surface area (Å²) in [6, 6.07) is 14.9. The lowest BCUT2D eigenvalue weighted by Crippen LogP contribution is -2.39. The van der Waals surface area contributed by atoms with E-state index in [-0.39, 0.29) is 12.2 Å². The predicted molar refractivity (Wildman–Crippen MR) is 151 cm³/mol. The minimum Gasteiger partial charge on any atom is -0.463 e. The Kier molecular flexibility index (Phi) is 7.60. The zero-order valence-corrected chi connectivity index (χ0v) is 23.4. The fourth-order valence-corrected chi connectivity index (χ4v) is 6.61. The molecule has 1 aliphatic heterocycles. The van der Waals surface area contributed by atoms with Crippen LogP contribution in [0.2, 0.25) is 0 Å². The van der Waals surface area contributed by atoms with Gasteiger partial charge in [-0.25, -0.2) is 9.79 Å². The maximum Gasteiger partial charge on any atom is 0.338 e. The second-order valence-electron chi connectivity index (χ2n) is 8.92. The zero-order valence-electron chi connectivity index (χ0n) is 21.8. The molecule has 0 radical (unpaired) electrons. The summed E-state index contributed by atoms with van der Waals surface area (Å²) in [6.45, 7) is 7.45. The van der Waals surface area contributed by atoms with Crippen molar-refractivity contribution in [3.63, 3.8) is 0 Å². The average molecular weight is 548 g/mol. The second-order valence-corrected chi connectivity index (χ2v) is 10.9. The van der Waals surface area contributed by atoms with Gasteiger partial charge in [-0.15, -0.1) is 11.3 Å². The number of aryl methyl sites for hydroxylation is 1. The third-order valence-corrected chi connectivity index (χ3v) is 8.51. The SMILES string of the molecule is CCOC(=O)C1=C(c2ccccc2)N=c2sc(=Cc3cc(C)n(CCOC)c3C)c(=O)n2[C@H]1c1cccs1. The van der Waals surface area contributed by atoms with E-state index < -0.39 is 12.0 Å². The number of methoxy groups -OCH3 is 1. The Labute approximate surface area is 228 Å². The Morgan fingerprint density at radius 2 is 1.95 bits per heavy atom. The molecule has 9 heteroatoms. The van der Waals surface area contributed by atoms with Crippen LogP contribution in [0.3, 0.4) is 0 Å². The van der Waals surface area contributed by atoms with Gasteiger partial charge in [0.25, 0.3) is 5.56 Å². The standard InChI is InChI=1S/C29H29N3O4S2/c1-5-36-28(34)24-25(20-10-7-6-8-11-20)30-29-32(26(24)22-12-9-15-37-22)27(33)23(38-29)17-21-16-18(2)31(19(21)3)13-14-35-4/h6-12,15-17,26H,5,13-14H2,1-4H3/t26-/m0/s1. The first kappa shape index (κ1) is 26.1. The Balaban J connectivity index is 1.75. The van der Waals surface area contributed by atoms with E-state index in [1.807, 2.05) is 60.8 Å². The normalized spacial score (nSPS) is 15.5. The van der Waals surface area contributed by atoms with Crippen molar-refractivity contribution in [3.8, 4) is 0 Å². The molecule has 4 aromatic rings. The van der Waals surface area contributed by atoms with Gasteiger partial charge in [-0.05, 0) is 49.9 Å². The van der Waals surface area contributed by atoms with E-state index >= 15 is 0 Å². The molecule has 196 valence electrons. The average Bonchev–Trinajstić information content (AvgIpc) is 3.62. The van der Waals surface area contributed by atoms with Crippen LogP contribution in [0.15, 0.2) is 69.3 Å². The van der Waals surface area contributed by atoms with Crippen molar-refractivity contribution in [3.05, 3.63) is 107 Å². The number of carbonyl (C=O) groups is 1. The summed E-state index contributed by atoms with van der Waals surface area (Å²) in [5, 5.41) is 1.95. The van der Waals surface area contributed by atoms with Gasteiger partial charge in [0.15, 0.2) is 4.80 Å². The van der Waals surface area contributed by atoms with Crippen LogP contribution in [0, 0.1) is 13.8 Å². The Morgan fingerprint density at radius 3 is 2.63 bits per heavy atom. The number of thiophene rings is 1. The molecule has 0 saturated heterocycles. The smallest absolute Gasteiger partial charge is 0.338 e. The van der Waals surface area contributed by atoms with Gasteiger partial charge in [-0.1, -0.05) is 47.7 Å². The lowest BCUT2D eigenvalue weighted by Gasteiger charge is -2.24. The number of hydrogen-bond acceptors (Lipinski definition) is 7. The quantitative estimate of drug-likeness (QED) is 0.312. The molecule has 3 aromatic heterocycles. The highest BCUT2D eigenvalue weighted by Gasteiger charge is 2.35. The number of rotatable bonds is 8. The lowest BCUT2D eigenvalue weighted by molar-refractivity contribution is -0.138. The van der Waals surface area contributed by atoms with E-state index in [4.69, 9.17) is 14.5 Å². The van der Waals surface area contributed by atoms with E-state index in [2.05, 4.69) is 17.6 Å². The number of nitrogens with zero attached hydrogens (tertiary/aromatic N) is 3. The molecule has 0 spiro atoms. The highest BCUT2D eigenvalue weighted by atomic mass is 32.1. The summed E-state index contributed by atoms with van der Waals surface area (Å²) in [5.41, 5.74) is 4.68. The summed E-state index contributed by atoms with van der Waals surface area (Å²) in [5.74, 6) is -0.468. The molecule has 1 aromatic carbocycles. The van der Waals surface area contributed by atoms with Crippen molar-refractivity contribution < 1.29 is 14.3 Å². The molecule has 0 N–H and O–H groups in total. The van der Waals surface area contributed by atoms with Gasteiger partial charge < -0.3 is 14.0 Å². The minimum atomic E-state index is -0.628. The first-order valence-electron chi connectivity index (χ1n) is 12.4. The molecule has 0 bridgehead atoms.